The minimum absolute atomic E-state index is 0.0696. The van der Waals surface area contributed by atoms with E-state index in [1.807, 2.05) is 13.8 Å². The summed E-state index contributed by atoms with van der Waals surface area (Å²) in [4.78, 5) is 38.5. The first-order chi connectivity index (χ1) is 13.3. The first-order valence-electron chi connectivity index (χ1n) is 8.43. The van der Waals surface area contributed by atoms with Gasteiger partial charge in [0, 0.05) is 6.07 Å². The van der Waals surface area contributed by atoms with E-state index >= 15 is 0 Å². The Labute approximate surface area is 165 Å². The molecule has 1 fully saturated rings. The third kappa shape index (κ3) is 2.99. The van der Waals surface area contributed by atoms with Crippen LogP contribution in [0.15, 0.2) is 35.9 Å². The Morgan fingerprint density at radius 3 is 2.46 bits per heavy atom. The number of carbonyl (C=O) groups is 3. The molecule has 0 saturated carbocycles. The third-order valence-electron chi connectivity index (χ3n) is 4.64. The van der Waals surface area contributed by atoms with Crippen LogP contribution in [0.5, 0.6) is 11.5 Å². The van der Waals surface area contributed by atoms with E-state index in [9.17, 15) is 14.4 Å². The number of barbiturate groups is 1. The van der Waals surface area contributed by atoms with Crippen LogP contribution in [0.3, 0.4) is 0 Å². The number of hydrogen-bond donors (Lipinski definition) is 1. The highest BCUT2D eigenvalue weighted by atomic mass is 35.5. The molecule has 2 aliphatic heterocycles. The number of fused-ring (bicyclic) bond motifs is 1. The Morgan fingerprint density at radius 1 is 1.04 bits per heavy atom. The SMILES string of the molecule is Cc1ccc(N2C(=O)NC(=O)C(=Cc3cc4c(cc3Cl)OCO4)C2=O)cc1C. The van der Waals surface area contributed by atoms with E-state index in [0.29, 0.717) is 22.7 Å². The predicted octanol–water partition coefficient (Wildman–Crippen LogP) is 3.35. The van der Waals surface area contributed by atoms with Crippen molar-refractivity contribution in [1.82, 2.24) is 5.32 Å². The lowest BCUT2D eigenvalue weighted by Gasteiger charge is -2.27. The lowest BCUT2D eigenvalue weighted by atomic mass is 10.0. The fourth-order valence-electron chi connectivity index (χ4n) is 2.96. The minimum Gasteiger partial charge on any atom is -0.454 e. The van der Waals surface area contributed by atoms with Crippen molar-refractivity contribution >= 4 is 41.2 Å². The summed E-state index contributed by atoms with van der Waals surface area (Å²) in [6, 6.07) is 7.50. The summed E-state index contributed by atoms with van der Waals surface area (Å²) < 4.78 is 10.6. The van der Waals surface area contributed by atoms with E-state index < -0.39 is 17.8 Å². The van der Waals surface area contributed by atoms with Crippen molar-refractivity contribution in [2.24, 2.45) is 0 Å². The molecule has 2 aromatic rings. The second-order valence-electron chi connectivity index (χ2n) is 6.45. The van der Waals surface area contributed by atoms with Crippen LogP contribution < -0.4 is 19.7 Å². The van der Waals surface area contributed by atoms with Gasteiger partial charge in [-0.2, -0.15) is 0 Å². The Balaban J connectivity index is 1.76. The predicted molar refractivity (Wildman–Crippen MR) is 102 cm³/mol. The fraction of sp³-hybridized carbons (Fsp3) is 0.150. The van der Waals surface area contributed by atoms with Gasteiger partial charge in [-0.05, 0) is 54.8 Å². The van der Waals surface area contributed by atoms with E-state index in [1.54, 1.807) is 30.3 Å². The van der Waals surface area contributed by atoms with Crippen molar-refractivity contribution in [3.63, 3.8) is 0 Å². The first-order valence-corrected chi connectivity index (χ1v) is 8.81. The highest BCUT2D eigenvalue weighted by Crippen LogP contribution is 2.38. The largest absolute Gasteiger partial charge is 0.454 e. The summed E-state index contributed by atoms with van der Waals surface area (Å²) in [5, 5.41) is 2.48. The number of imide groups is 2. The summed E-state index contributed by atoms with van der Waals surface area (Å²) >= 11 is 6.24. The van der Waals surface area contributed by atoms with Gasteiger partial charge in [0.1, 0.15) is 5.57 Å². The lowest BCUT2D eigenvalue weighted by molar-refractivity contribution is -0.122. The summed E-state index contributed by atoms with van der Waals surface area (Å²) in [6.07, 6.45) is 1.34. The molecule has 0 aliphatic carbocycles. The molecule has 0 unspecified atom stereocenters. The number of carbonyl (C=O) groups excluding carboxylic acids is 3. The Bertz CT molecular complexity index is 1080. The quantitative estimate of drug-likeness (QED) is 0.619. The highest BCUT2D eigenvalue weighted by Gasteiger charge is 2.37. The van der Waals surface area contributed by atoms with Crippen LogP contribution in [0.25, 0.3) is 6.08 Å². The molecule has 2 aliphatic rings. The average molecular weight is 399 g/mol. The normalized spacial score (nSPS) is 17.3. The summed E-state index contributed by atoms with van der Waals surface area (Å²) in [6.45, 7) is 3.87. The van der Waals surface area contributed by atoms with Crippen molar-refractivity contribution in [3.8, 4) is 11.5 Å². The Kier molecular flexibility index (Phi) is 4.31. The molecule has 0 atom stereocenters. The number of rotatable bonds is 2. The van der Waals surface area contributed by atoms with Gasteiger partial charge in [0.2, 0.25) is 6.79 Å². The minimum atomic E-state index is -0.799. The molecule has 1 N–H and O–H groups in total. The van der Waals surface area contributed by atoms with Gasteiger partial charge in [0.25, 0.3) is 11.8 Å². The zero-order chi connectivity index (χ0) is 20.0. The van der Waals surface area contributed by atoms with Gasteiger partial charge in [-0.1, -0.05) is 17.7 Å². The van der Waals surface area contributed by atoms with Gasteiger partial charge < -0.3 is 9.47 Å². The number of nitrogens with zero attached hydrogens (tertiary/aromatic N) is 1. The van der Waals surface area contributed by atoms with Crippen molar-refractivity contribution in [2.45, 2.75) is 13.8 Å². The van der Waals surface area contributed by atoms with Crippen LogP contribution in [-0.2, 0) is 9.59 Å². The fourth-order valence-corrected chi connectivity index (χ4v) is 3.16. The Morgan fingerprint density at radius 2 is 1.75 bits per heavy atom. The highest BCUT2D eigenvalue weighted by molar-refractivity contribution is 6.40. The molecule has 142 valence electrons. The number of ether oxygens (including phenoxy) is 2. The van der Waals surface area contributed by atoms with E-state index in [4.69, 9.17) is 21.1 Å². The topological polar surface area (TPSA) is 84.9 Å². The molecule has 0 radical (unpaired) electrons. The molecule has 0 bridgehead atoms. The molecule has 0 aromatic heterocycles. The molecule has 28 heavy (non-hydrogen) atoms. The van der Waals surface area contributed by atoms with E-state index in [0.717, 1.165) is 16.0 Å². The number of anilines is 1. The zero-order valence-corrected chi connectivity index (χ0v) is 15.8. The van der Waals surface area contributed by atoms with Gasteiger partial charge in [0.15, 0.2) is 11.5 Å². The molecule has 8 heteroatoms. The number of urea groups is 1. The van der Waals surface area contributed by atoms with Gasteiger partial charge in [-0.25, -0.2) is 9.69 Å². The average Bonchev–Trinajstić information content (AvgIpc) is 3.08. The van der Waals surface area contributed by atoms with Crippen molar-refractivity contribution < 1.29 is 23.9 Å². The van der Waals surface area contributed by atoms with Crippen molar-refractivity contribution in [3.05, 3.63) is 57.6 Å². The van der Waals surface area contributed by atoms with Crippen LogP contribution in [0.2, 0.25) is 5.02 Å². The second kappa shape index (κ2) is 6.69. The molecular weight excluding hydrogens is 384 g/mol. The van der Waals surface area contributed by atoms with E-state index in [1.165, 1.54) is 6.08 Å². The van der Waals surface area contributed by atoms with Gasteiger partial charge >= 0.3 is 6.03 Å². The molecule has 1 saturated heterocycles. The smallest absolute Gasteiger partial charge is 0.335 e. The number of nitrogens with one attached hydrogen (secondary N) is 1. The summed E-state index contributed by atoms with van der Waals surface area (Å²) in [7, 11) is 0. The van der Waals surface area contributed by atoms with E-state index in [2.05, 4.69) is 5.32 Å². The molecule has 4 rings (SSSR count). The van der Waals surface area contributed by atoms with Crippen molar-refractivity contribution in [1.29, 1.82) is 0 Å². The number of benzene rings is 2. The number of halogens is 1. The monoisotopic (exact) mass is 398 g/mol. The maximum atomic E-state index is 13.0. The van der Waals surface area contributed by atoms with Gasteiger partial charge in [-0.15, -0.1) is 0 Å². The number of amides is 4. The Hall–Kier alpha value is -3.32. The molecule has 4 amide bonds. The summed E-state index contributed by atoms with van der Waals surface area (Å²) in [5.41, 5.74) is 2.50. The van der Waals surface area contributed by atoms with Gasteiger partial charge in [0.05, 0.1) is 10.7 Å². The lowest BCUT2D eigenvalue weighted by Crippen LogP contribution is -2.54. The zero-order valence-electron chi connectivity index (χ0n) is 15.0. The molecule has 0 spiro atoms. The maximum absolute atomic E-state index is 13.0. The standard InChI is InChI=1S/C20H15ClN2O5/c1-10-3-4-13(5-11(10)2)23-19(25)14(18(24)22-20(23)26)6-12-7-16-17(8-15(12)21)28-9-27-16/h3-8H,9H2,1-2H3,(H,22,24,26). The number of aryl methyl sites for hydroxylation is 2. The van der Waals surface area contributed by atoms with Crippen LogP contribution in [0, 0.1) is 13.8 Å². The summed E-state index contributed by atoms with van der Waals surface area (Å²) in [5.74, 6) is -0.574. The third-order valence-corrected chi connectivity index (χ3v) is 4.97. The van der Waals surface area contributed by atoms with Crippen LogP contribution >= 0.6 is 11.6 Å². The molecule has 2 aromatic carbocycles. The molecule has 7 nitrogen and oxygen atoms in total. The first kappa shape index (κ1) is 18.1. The van der Waals surface area contributed by atoms with Crippen LogP contribution in [-0.4, -0.2) is 24.6 Å². The maximum Gasteiger partial charge on any atom is 0.335 e. The second-order valence-corrected chi connectivity index (χ2v) is 6.86. The number of hydrogen-bond acceptors (Lipinski definition) is 5. The molecular formula is C20H15ClN2O5. The van der Waals surface area contributed by atoms with Gasteiger partial charge in [-0.3, -0.25) is 14.9 Å². The molecule has 2 heterocycles. The van der Waals surface area contributed by atoms with Crippen LogP contribution in [0.4, 0.5) is 10.5 Å². The van der Waals surface area contributed by atoms with Crippen LogP contribution in [0.1, 0.15) is 16.7 Å². The van der Waals surface area contributed by atoms with E-state index in [-0.39, 0.29) is 17.4 Å². The van der Waals surface area contributed by atoms with Crippen molar-refractivity contribution in [2.75, 3.05) is 11.7 Å².